The van der Waals surface area contributed by atoms with E-state index in [1.165, 1.54) is 11.3 Å². The molecule has 0 fully saturated rings. The Hall–Kier alpha value is -2.53. The molecule has 2 aromatic carbocycles. The van der Waals surface area contributed by atoms with Gasteiger partial charge in [0, 0.05) is 9.58 Å². The summed E-state index contributed by atoms with van der Waals surface area (Å²) < 4.78 is 12.0. The van der Waals surface area contributed by atoms with Gasteiger partial charge in [0.1, 0.15) is 6.61 Å². The highest BCUT2D eigenvalue weighted by Crippen LogP contribution is 2.30. The molecule has 3 aromatic rings. The van der Waals surface area contributed by atoms with E-state index in [0.29, 0.717) is 23.7 Å². The Morgan fingerprint density at radius 1 is 1.14 bits per heavy atom. The minimum atomic E-state index is -0.915. The molecule has 1 aromatic heterocycles. The fourth-order valence-corrected chi connectivity index (χ4v) is 3.19. The van der Waals surface area contributed by atoms with Gasteiger partial charge in [0.05, 0.1) is 12.7 Å². The van der Waals surface area contributed by atoms with Gasteiger partial charge < -0.3 is 14.6 Å². The Labute approximate surface area is 131 Å². The fourth-order valence-electron chi connectivity index (χ4n) is 2.18. The van der Waals surface area contributed by atoms with Crippen LogP contribution in [-0.4, -0.2) is 18.2 Å². The standard InChI is InChI=1S/C17H14O4S/c1-20-14-4-2-3-5-15(14)21-10-13-8-11-6-7-12(17(18)19)9-16(11)22-13/h2-9H,10H2,1H3,(H,18,19). The summed E-state index contributed by atoms with van der Waals surface area (Å²) >= 11 is 1.53. The van der Waals surface area contributed by atoms with E-state index in [1.807, 2.05) is 36.4 Å². The molecule has 0 amide bonds. The van der Waals surface area contributed by atoms with Crippen LogP contribution in [0, 0.1) is 0 Å². The molecule has 112 valence electrons. The maximum absolute atomic E-state index is 11.0. The van der Waals surface area contributed by atoms with Crippen molar-refractivity contribution in [2.24, 2.45) is 0 Å². The van der Waals surface area contributed by atoms with Crippen LogP contribution in [0.15, 0.2) is 48.5 Å². The maximum atomic E-state index is 11.0. The van der Waals surface area contributed by atoms with Crippen LogP contribution >= 0.6 is 11.3 Å². The van der Waals surface area contributed by atoms with E-state index in [9.17, 15) is 4.79 Å². The highest BCUT2D eigenvalue weighted by atomic mass is 32.1. The Kier molecular flexibility index (Phi) is 3.98. The lowest BCUT2D eigenvalue weighted by atomic mass is 10.2. The third-order valence-corrected chi connectivity index (χ3v) is 4.33. The Morgan fingerprint density at radius 2 is 1.91 bits per heavy atom. The second-order valence-electron chi connectivity index (χ2n) is 4.71. The molecule has 5 heteroatoms. The van der Waals surface area contributed by atoms with Crippen molar-refractivity contribution >= 4 is 27.4 Å². The summed E-state index contributed by atoms with van der Waals surface area (Å²) in [7, 11) is 1.61. The number of hydrogen-bond acceptors (Lipinski definition) is 4. The van der Waals surface area contributed by atoms with E-state index < -0.39 is 5.97 Å². The first kappa shape index (κ1) is 14.4. The summed E-state index contributed by atoms with van der Waals surface area (Å²) in [6, 6.07) is 14.6. The van der Waals surface area contributed by atoms with Crippen molar-refractivity contribution in [1.29, 1.82) is 0 Å². The van der Waals surface area contributed by atoms with Gasteiger partial charge in [-0.25, -0.2) is 4.79 Å². The topological polar surface area (TPSA) is 55.8 Å². The van der Waals surface area contributed by atoms with E-state index in [-0.39, 0.29) is 0 Å². The summed E-state index contributed by atoms with van der Waals surface area (Å²) in [5.41, 5.74) is 0.298. The highest BCUT2D eigenvalue weighted by Gasteiger charge is 2.08. The quantitative estimate of drug-likeness (QED) is 0.767. The van der Waals surface area contributed by atoms with E-state index in [2.05, 4.69) is 0 Å². The second-order valence-corrected chi connectivity index (χ2v) is 5.88. The van der Waals surface area contributed by atoms with E-state index in [0.717, 1.165) is 15.0 Å². The SMILES string of the molecule is COc1ccccc1OCc1cc2ccc(C(=O)O)cc2s1. The molecule has 0 saturated carbocycles. The molecule has 0 unspecified atom stereocenters. The van der Waals surface area contributed by atoms with Gasteiger partial charge in [0.15, 0.2) is 11.5 Å². The lowest BCUT2D eigenvalue weighted by Gasteiger charge is -2.08. The molecule has 0 bridgehead atoms. The predicted molar refractivity (Wildman–Crippen MR) is 86.1 cm³/mol. The molecule has 4 nitrogen and oxygen atoms in total. The number of hydrogen-bond donors (Lipinski definition) is 1. The molecular formula is C17H14O4S. The Balaban J connectivity index is 1.81. The zero-order chi connectivity index (χ0) is 15.5. The predicted octanol–water partition coefficient (Wildman–Crippen LogP) is 4.19. The lowest BCUT2D eigenvalue weighted by Crippen LogP contribution is -1.95. The number of methoxy groups -OCH3 is 1. The number of fused-ring (bicyclic) bond motifs is 1. The van der Waals surface area contributed by atoms with Crippen LogP contribution in [0.3, 0.4) is 0 Å². The number of para-hydroxylation sites is 2. The molecule has 0 aliphatic carbocycles. The van der Waals surface area contributed by atoms with Gasteiger partial charge in [-0.15, -0.1) is 11.3 Å². The number of benzene rings is 2. The minimum Gasteiger partial charge on any atom is -0.493 e. The van der Waals surface area contributed by atoms with Crippen molar-refractivity contribution in [1.82, 2.24) is 0 Å². The second kappa shape index (κ2) is 6.07. The van der Waals surface area contributed by atoms with E-state index >= 15 is 0 Å². The number of thiophene rings is 1. The van der Waals surface area contributed by atoms with Gasteiger partial charge in [-0.3, -0.25) is 0 Å². The number of carbonyl (C=O) groups is 1. The number of rotatable bonds is 5. The summed E-state index contributed by atoms with van der Waals surface area (Å²) in [5.74, 6) is 0.465. The van der Waals surface area contributed by atoms with Crippen LogP contribution in [0.1, 0.15) is 15.2 Å². The smallest absolute Gasteiger partial charge is 0.335 e. The van der Waals surface area contributed by atoms with Crippen molar-refractivity contribution in [2.75, 3.05) is 7.11 Å². The van der Waals surface area contributed by atoms with Crippen LogP contribution in [0.5, 0.6) is 11.5 Å². The summed E-state index contributed by atoms with van der Waals surface area (Å²) in [4.78, 5) is 12.0. The van der Waals surface area contributed by atoms with Gasteiger partial charge in [-0.2, -0.15) is 0 Å². The van der Waals surface area contributed by atoms with Crippen molar-refractivity contribution in [3.63, 3.8) is 0 Å². The molecular weight excluding hydrogens is 300 g/mol. The number of aromatic carboxylic acids is 1. The Morgan fingerprint density at radius 3 is 2.64 bits per heavy atom. The molecule has 0 spiro atoms. The maximum Gasteiger partial charge on any atom is 0.335 e. The molecule has 1 N–H and O–H groups in total. The molecule has 1 heterocycles. The van der Waals surface area contributed by atoms with Crippen LogP contribution in [0.25, 0.3) is 10.1 Å². The van der Waals surface area contributed by atoms with E-state index in [1.54, 1.807) is 19.2 Å². The molecule has 0 aliphatic rings. The van der Waals surface area contributed by atoms with Gasteiger partial charge in [-0.05, 0) is 35.7 Å². The van der Waals surface area contributed by atoms with Crippen LogP contribution in [0.2, 0.25) is 0 Å². The summed E-state index contributed by atoms with van der Waals surface area (Å²) in [6.07, 6.45) is 0. The molecule has 0 radical (unpaired) electrons. The highest BCUT2D eigenvalue weighted by molar-refractivity contribution is 7.19. The number of carboxylic acids is 1. The van der Waals surface area contributed by atoms with E-state index in [4.69, 9.17) is 14.6 Å². The summed E-state index contributed by atoms with van der Waals surface area (Å²) in [5, 5.41) is 10.0. The van der Waals surface area contributed by atoms with Gasteiger partial charge in [-0.1, -0.05) is 18.2 Å². The lowest BCUT2D eigenvalue weighted by molar-refractivity contribution is 0.0697. The first-order valence-corrected chi connectivity index (χ1v) is 7.50. The zero-order valence-electron chi connectivity index (χ0n) is 11.9. The number of carboxylic acid groups (broad SMARTS) is 1. The van der Waals surface area contributed by atoms with Gasteiger partial charge in [0.2, 0.25) is 0 Å². The molecule has 0 aliphatic heterocycles. The average molecular weight is 314 g/mol. The van der Waals surface area contributed by atoms with Crippen LogP contribution in [-0.2, 0) is 6.61 Å². The first-order valence-electron chi connectivity index (χ1n) is 6.69. The van der Waals surface area contributed by atoms with Gasteiger partial charge in [0.25, 0.3) is 0 Å². The van der Waals surface area contributed by atoms with Crippen LogP contribution in [0.4, 0.5) is 0 Å². The third-order valence-electron chi connectivity index (χ3n) is 3.26. The van der Waals surface area contributed by atoms with Crippen molar-refractivity contribution in [2.45, 2.75) is 6.61 Å². The Bertz CT molecular complexity index is 822. The molecule has 22 heavy (non-hydrogen) atoms. The third kappa shape index (κ3) is 2.89. The fraction of sp³-hybridized carbons (Fsp3) is 0.118. The normalized spacial score (nSPS) is 10.6. The van der Waals surface area contributed by atoms with Crippen molar-refractivity contribution in [3.8, 4) is 11.5 Å². The largest absolute Gasteiger partial charge is 0.493 e. The summed E-state index contributed by atoms with van der Waals surface area (Å²) in [6.45, 7) is 0.419. The van der Waals surface area contributed by atoms with Crippen LogP contribution < -0.4 is 9.47 Å². The zero-order valence-corrected chi connectivity index (χ0v) is 12.7. The molecule has 3 rings (SSSR count). The average Bonchev–Trinajstić information content (AvgIpc) is 2.95. The molecule has 0 atom stereocenters. The van der Waals surface area contributed by atoms with Crippen molar-refractivity contribution < 1.29 is 19.4 Å². The van der Waals surface area contributed by atoms with Gasteiger partial charge >= 0.3 is 5.97 Å². The minimum absolute atomic E-state index is 0.298. The first-order chi connectivity index (χ1) is 10.7. The monoisotopic (exact) mass is 314 g/mol. The molecule has 0 saturated heterocycles. The number of ether oxygens (including phenoxy) is 2. The van der Waals surface area contributed by atoms with Crippen molar-refractivity contribution in [3.05, 3.63) is 59.0 Å².